The lowest BCUT2D eigenvalue weighted by Crippen LogP contribution is -1.80. The molecule has 0 atom stereocenters. The van der Waals surface area contributed by atoms with E-state index in [0.29, 0.717) is 6.54 Å². The van der Waals surface area contributed by atoms with Gasteiger partial charge in [0.1, 0.15) is 0 Å². The number of benzene rings is 1. The van der Waals surface area contributed by atoms with E-state index in [4.69, 9.17) is 0 Å². The zero-order valence-electron chi connectivity index (χ0n) is 8.48. The Morgan fingerprint density at radius 1 is 1.36 bits per heavy atom. The molecule has 72 valence electrons. The molecule has 1 aromatic carbocycles. The molecule has 0 saturated carbocycles. The van der Waals surface area contributed by atoms with Crippen LogP contribution in [0.5, 0.6) is 0 Å². The minimum atomic E-state index is 0.681. The zero-order chi connectivity index (χ0) is 10.2. The van der Waals surface area contributed by atoms with Crippen LogP contribution in [0.1, 0.15) is 12.5 Å². The standard InChI is InChI=1S/C13H15N/c1-3-9-14-11-12(2)10-13-7-5-4-6-8-13/h3-8,10-11H,1,9H2,2H3/b12-10+,14-11?. The number of hydrogen-bond acceptors (Lipinski definition) is 1. The highest BCUT2D eigenvalue weighted by molar-refractivity contribution is 5.84. The summed E-state index contributed by atoms with van der Waals surface area (Å²) in [4.78, 5) is 4.17. The van der Waals surface area contributed by atoms with Gasteiger partial charge in [-0.25, -0.2) is 0 Å². The molecule has 1 aromatic rings. The second kappa shape index (κ2) is 5.92. The summed E-state index contributed by atoms with van der Waals surface area (Å²) >= 11 is 0. The van der Waals surface area contributed by atoms with Gasteiger partial charge in [0.15, 0.2) is 0 Å². The molecule has 0 fully saturated rings. The Balaban J connectivity index is 2.64. The Morgan fingerprint density at radius 2 is 2.07 bits per heavy atom. The Labute approximate surface area is 85.5 Å². The van der Waals surface area contributed by atoms with E-state index in [9.17, 15) is 0 Å². The molecule has 0 amide bonds. The van der Waals surface area contributed by atoms with Gasteiger partial charge in [-0.15, -0.1) is 6.58 Å². The maximum Gasteiger partial charge on any atom is 0.0567 e. The molecule has 0 radical (unpaired) electrons. The van der Waals surface area contributed by atoms with E-state index in [0.717, 1.165) is 5.57 Å². The van der Waals surface area contributed by atoms with Crippen molar-refractivity contribution in [3.63, 3.8) is 0 Å². The molecule has 1 heteroatoms. The molecule has 0 unspecified atom stereocenters. The van der Waals surface area contributed by atoms with Crippen LogP contribution in [0.3, 0.4) is 0 Å². The van der Waals surface area contributed by atoms with E-state index in [1.54, 1.807) is 6.08 Å². The molecular weight excluding hydrogens is 170 g/mol. The summed E-state index contributed by atoms with van der Waals surface area (Å²) in [6.07, 6.45) is 5.76. The lowest BCUT2D eigenvalue weighted by molar-refractivity contribution is 1.26. The lowest BCUT2D eigenvalue weighted by atomic mass is 10.1. The van der Waals surface area contributed by atoms with Gasteiger partial charge >= 0.3 is 0 Å². The van der Waals surface area contributed by atoms with Crippen LogP contribution in [-0.4, -0.2) is 12.8 Å². The molecule has 1 rings (SSSR count). The fraction of sp³-hybridized carbons (Fsp3) is 0.154. The van der Waals surface area contributed by atoms with E-state index >= 15 is 0 Å². The maximum absolute atomic E-state index is 4.17. The molecule has 0 N–H and O–H groups in total. The minimum absolute atomic E-state index is 0.681. The van der Waals surface area contributed by atoms with Gasteiger partial charge in [-0.3, -0.25) is 4.99 Å². The molecule has 0 bridgehead atoms. The van der Waals surface area contributed by atoms with E-state index in [1.807, 2.05) is 31.3 Å². The molecule has 1 nitrogen and oxygen atoms in total. The average Bonchev–Trinajstić information content (AvgIpc) is 2.20. The van der Waals surface area contributed by atoms with Crippen molar-refractivity contribution in [1.82, 2.24) is 0 Å². The van der Waals surface area contributed by atoms with E-state index in [2.05, 4.69) is 29.8 Å². The summed E-state index contributed by atoms with van der Waals surface area (Å²) in [6, 6.07) is 10.2. The highest BCUT2D eigenvalue weighted by Crippen LogP contribution is 2.04. The van der Waals surface area contributed by atoms with Crippen molar-refractivity contribution in [2.24, 2.45) is 4.99 Å². The first kappa shape index (κ1) is 10.5. The number of aliphatic imine (C=N–C) groups is 1. The maximum atomic E-state index is 4.17. The molecule has 0 heterocycles. The Morgan fingerprint density at radius 3 is 2.71 bits per heavy atom. The molecule has 0 aromatic heterocycles. The molecule has 0 spiro atoms. The first-order valence-corrected chi connectivity index (χ1v) is 4.67. The largest absolute Gasteiger partial charge is 0.289 e. The van der Waals surface area contributed by atoms with Gasteiger partial charge in [0, 0.05) is 6.21 Å². The van der Waals surface area contributed by atoms with Gasteiger partial charge in [0.25, 0.3) is 0 Å². The summed E-state index contributed by atoms with van der Waals surface area (Å²) in [5.74, 6) is 0. The van der Waals surface area contributed by atoms with Crippen LogP contribution in [0.15, 0.2) is 53.6 Å². The zero-order valence-corrected chi connectivity index (χ0v) is 8.48. The third kappa shape index (κ3) is 3.85. The Bertz CT molecular complexity index is 334. The van der Waals surface area contributed by atoms with Crippen molar-refractivity contribution < 1.29 is 0 Å². The van der Waals surface area contributed by atoms with Crippen LogP contribution in [0.25, 0.3) is 6.08 Å². The topological polar surface area (TPSA) is 12.4 Å². The van der Waals surface area contributed by atoms with Gasteiger partial charge in [0.2, 0.25) is 0 Å². The van der Waals surface area contributed by atoms with Crippen LogP contribution >= 0.6 is 0 Å². The minimum Gasteiger partial charge on any atom is -0.289 e. The Kier molecular flexibility index (Phi) is 4.42. The molecule has 0 saturated heterocycles. The number of nitrogens with zero attached hydrogens (tertiary/aromatic N) is 1. The van der Waals surface area contributed by atoms with Gasteiger partial charge in [-0.2, -0.15) is 0 Å². The molecule has 0 aliphatic carbocycles. The molecule has 0 aliphatic rings. The summed E-state index contributed by atoms with van der Waals surface area (Å²) < 4.78 is 0. The average molecular weight is 185 g/mol. The third-order valence-corrected chi connectivity index (χ3v) is 1.72. The van der Waals surface area contributed by atoms with Crippen molar-refractivity contribution in [1.29, 1.82) is 0 Å². The highest BCUT2D eigenvalue weighted by Gasteiger charge is 1.85. The predicted molar refractivity (Wildman–Crippen MR) is 63.6 cm³/mol. The number of allylic oxidation sites excluding steroid dienone is 1. The van der Waals surface area contributed by atoms with Crippen molar-refractivity contribution in [3.05, 3.63) is 54.1 Å². The van der Waals surface area contributed by atoms with Crippen molar-refractivity contribution in [3.8, 4) is 0 Å². The fourth-order valence-electron chi connectivity index (χ4n) is 1.12. The van der Waals surface area contributed by atoms with Crippen molar-refractivity contribution in [2.75, 3.05) is 6.54 Å². The summed E-state index contributed by atoms with van der Waals surface area (Å²) in [5.41, 5.74) is 2.35. The SMILES string of the molecule is C=CCN=C/C(C)=C/c1ccccc1. The van der Waals surface area contributed by atoms with Gasteiger partial charge < -0.3 is 0 Å². The normalized spacial score (nSPS) is 11.9. The quantitative estimate of drug-likeness (QED) is 0.504. The molecular formula is C13H15N. The molecule has 0 aliphatic heterocycles. The summed E-state index contributed by atoms with van der Waals surface area (Å²) in [5, 5.41) is 0. The second-order valence-electron chi connectivity index (χ2n) is 3.08. The van der Waals surface area contributed by atoms with Gasteiger partial charge in [0.05, 0.1) is 6.54 Å². The van der Waals surface area contributed by atoms with E-state index < -0.39 is 0 Å². The summed E-state index contributed by atoms with van der Waals surface area (Å²) in [6.45, 7) is 6.33. The predicted octanol–water partition coefficient (Wildman–Crippen LogP) is 3.35. The van der Waals surface area contributed by atoms with Crippen molar-refractivity contribution in [2.45, 2.75) is 6.92 Å². The first-order chi connectivity index (χ1) is 6.83. The van der Waals surface area contributed by atoms with Crippen molar-refractivity contribution >= 4 is 12.3 Å². The molecule has 14 heavy (non-hydrogen) atoms. The lowest BCUT2D eigenvalue weighted by Gasteiger charge is -1.93. The van der Waals surface area contributed by atoms with E-state index in [1.165, 1.54) is 5.56 Å². The second-order valence-corrected chi connectivity index (χ2v) is 3.08. The van der Waals surface area contributed by atoms with Gasteiger partial charge in [-0.05, 0) is 18.1 Å². The van der Waals surface area contributed by atoms with Gasteiger partial charge in [-0.1, -0.05) is 42.5 Å². The third-order valence-electron chi connectivity index (χ3n) is 1.72. The number of hydrogen-bond donors (Lipinski definition) is 0. The Hall–Kier alpha value is -1.63. The van der Waals surface area contributed by atoms with E-state index in [-0.39, 0.29) is 0 Å². The van der Waals surface area contributed by atoms with Crippen LogP contribution in [0.2, 0.25) is 0 Å². The number of rotatable bonds is 4. The summed E-state index contributed by atoms with van der Waals surface area (Å²) in [7, 11) is 0. The van der Waals surface area contributed by atoms with Crippen LogP contribution < -0.4 is 0 Å². The smallest absolute Gasteiger partial charge is 0.0567 e. The highest BCUT2D eigenvalue weighted by atomic mass is 14.7. The first-order valence-electron chi connectivity index (χ1n) is 4.67. The fourth-order valence-corrected chi connectivity index (χ4v) is 1.12. The monoisotopic (exact) mass is 185 g/mol. The van der Waals surface area contributed by atoms with Crippen LogP contribution in [0.4, 0.5) is 0 Å². The van der Waals surface area contributed by atoms with Crippen LogP contribution in [-0.2, 0) is 0 Å². The van der Waals surface area contributed by atoms with Crippen LogP contribution in [0, 0.1) is 0 Å².